The van der Waals surface area contributed by atoms with Gasteiger partial charge in [0.15, 0.2) is 17.1 Å². The van der Waals surface area contributed by atoms with Gasteiger partial charge in [-0.3, -0.25) is 14.8 Å². The minimum atomic E-state index is -0.143. The van der Waals surface area contributed by atoms with Gasteiger partial charge in [0.05, 0.1) is 18.2 Å². The fraction of sp³-hybridized carbons (Fsp3) is 0.421. The van der Waals surface area contributed by atoms with E-state index in [0.717, 1.165) is 18.4 Å². The maximum Gasteiger partial charge on any atom is 0.234 e. The molecule has 0 aliphatic carbocycles. The van der Waals surface area contributed by atoms with E-state index in [1.165, 1.54) is 4.52 Å². The SMILES string of the molecule is CC(C)CCn1cc2c(nc(NC(=O)CCC[NH3+])n3nc(-c4ccco4)nc23)n1.[Cl-]. The summed E-state index contributed by atoms with van der Waals surface area (Å²) in [7, 11) is 0. The molecule has 4 aromatic rings. The highest BCUT2D eigenvalue weighted by Crippen LogP contribution is 2.24. The van der Waals surface area contributed by atoms with Crippen molar-refractivity contribution in [1.29, 1.82) is 0 Å². The number of hydrogen-bond acceptors (Lipinski definition) is 6. The van der Waals surface area contributed by atoms with Crippen molar-refractivity contribution in [3.8, 4) is 11.6 Å². The van der Waals surface area contributed by atoms with E-state index < -0.39 is 0 Å². The number of aryl methyl sites for hydroxylation is 1. The number of quaternary nitrogens is 1. The number of amides is 1. The molecule has 0 fully saturated rings. The molecule has 0 atom stereocenters. The third kappa shape index (κ3) is 4.44. The Hall–Kier alpha value is -2.98. The molecular weight excluding hydrogens is 408 g/mol. The number of nitrogens with one attached hydrogen (secondary N) is 1. The van der Waals surface area contributed by atoms with Gasteiger partial charge >= 0.3 is 0 Å². The molecule has 10 nitrogen and oxygen atoms in total. The van der Waals surface area contributed by atoms with Gasteiger partial charge in [-0.1, -0.05) is 13.8 Å². The number of carbonyl (C=O) groups excluding carboxylic acids is 1. The molecule has 0 aliphatic heterocycles. The molecule has 11 heteroatoms. The van der Waals surface area contributed by atoms with Crippen LogP contribution in [0.15, 0.2) is 29.0 Å². The molecule has 4 aromatic heterocycles. The Morgan fingerprint density at radius 1 is 1.30 bits per heavy atom. The molecule has 4 heterocycles. The number of halogens is 1. The molecule has 0 aliphatic rings. The summed E-state index contributed by atoms with van der Waals surface area (Å²) in [5.74, 6) is 1.68. The summed E-state index contributed by atoms with van der Waals surface area (Å²) in [5.41, 5.74) is 4.87. The van der Waals surface area contributed by atoms with Gasteiger partial charge in [-0.25, -0.2) is 4.98 Å². The van der Waals surface area contributed by atoms with Crippen molar-refractivity contribution in [3.05, 3.63) is 24.6 Å². The maximum absolute atomic E-state index is 12.3. The number of furan rings is 1. The van der Waals surface area contributed by atoms with Crippen LogP contribution in [-0.4, -0.2) is 41.8 Å². The fourth-order valence-corrected chi connectivity index (χ4v) is 3.00. The lowest BCUT2D eigenvalue weighted by Gasteiger charge is -2.05. The summed E-state index contributed by atoms with van der Waals surface area (Å²) < 4.78 is 8.84. The molecule has 0 aromatic carbocycles. The molecule has 0 bridgehead atoms. The topological polar surface area (TPSA) is 131 Å². The molecule has 0 saturated heterocycles. The van der Waals surface area contributed by atoms with Crippen LogP contribution >= 0.6 is 0 Å². The van der Waals surface area contributed by atoms with Crippen LogP contribution in [-0.2, 0) is 11.3 Å². The van der Waals surface area contributed by atoms with Crippen molar-refractivity contribution in [3.63, 3.8) is 0 Å². The van der Waals surface area contributed by atoms with E-state index in [4.69, 9.17) is 4.42 Å². The molecule has 1 amide bonds. The summed E-state index contributed by atoms with van der Waals surface area (Å²) in [6, 6.07) is 3.57. The monoisotopic (exact) mass is 432 g/mol. The third-order valence-electron chi connectivity index (χ3n) is 4.58. The molecule has 4 rings (SSSR count). The Labute approximate surface area is 179 Å². The Kier molecular flexibility index (Phi) is 6.68. The number of hydrogen-bond donors (Lipinski definition) is 2. The summed E-state index contributed by atoms with van der Waals surface area (Å²) in [5, 5.41) is 12.7. The standard InChI is InChI=1S/C19H24N8O2.ClH/c1-12(2)7-9-26-11-13-16(24-26)23-19(21-15(28)6-3-8-20)27-18(13)22-17(25-27)14-5-4-10-29-14;/h4-5,10-12H,3,6-9,20H2,1-2H3,(H,21,23,24,28);1H. The zero-order chi connectivity index (χ0) is 20.4. The van der Waals surface area contributed by atoms with Crippen LogP contribution in [0, 0.1) is 5.92 Å². The summed E-state index contributed by atoms with van der Waals surface area (Å²) in [6.45, 7) is 5.83. The van der Waals surface area contributed by atoms with Gasteiger partial charge in [0, 0.05) is 25.6 Å². The van der Waals surface area contributed by atoms with E-state index in [1.807, 2.05) is 10.9 Å². The maximum atomic E-state index is 12.3. The minimum absolute atomic E-state index is 0. The number of rotatable bonds is 8. The van der Waals surface area contributed by atoms with Gasteiger partial charge in [-0.05, 0) is 24.5 Å². The molecule has 0 saturated carbocycles. The van der Waals surface area contributed by atoms with E-state index >= 15 is 0 Å². The number of anilines is 1. The number of aromatic nitrogens is 6. The van der Waals surface area contributed by atoms with Gasteiger partial charge in [0.25, 0.3) is 0 Å². The molecule has 0 radical (unpaired) electrons. The normalized spacial score (nSPS) is 11.3. The van der Waals surface area contributed by atoms with Gasteiger partial charge in [0.1, 0.15) is 0 Å². The van der Waals surface area contributed by atoms with Gasteiger partial charge < -0.3 is 22.6 Å². The van der Waals surface area contributed by atoms with Crippen LogP contribution < -0.4 is 23.5 Å². The lowest BCUT2D eigenvalue weighted by molar-refractivity contribution is -0.368. The first-order valence-corrected chi connectivity index (χ1v) is 9.82. The van der Waals surface area contributed by atoms with Crippen LogP contribution in [0.2, 0.25) is 0 Å². The van der Waals surface area contributed by atoms with Crippen molar-refractivity contribution in [2.24, 2.45) is 5.92 Å². The highest BCUT2D eigenvalue weighted by atomic mass is 35.5. The average molecular weight is 433 g/mol. The highest BCUT2D eigenvalue weighted by Gasteiger charge is 2.19. The molecule has 0 unspecified atom stereocenters. The Morgan fingerprint density at radius 3 is 2.83 bits per heavy atom. The molecule has 4 N–H and O–H groups in total. The Bertz CT molecular complexity index is 1130. The summed E-state index contributed by atoms with van der Waals surface area (Å²) in [4.78, 5) is 21.5. The smallest absolute Gasteiger partial charge is 0.234 e. The number of fused-ring (bicyclic) bond motifs is 3. The van der Waals surface area contributed by atoms with Gasteiger partial charge in [0.2, 0.25) is 17.7 Å². The number of nitrogens with zero attached hydrogens (tertiary/aromatic N) is 6. The zero-order valence-electron chi connectivity index (χ0n) is 17.0. The average Bonchev–Trinajstić information content (AvgIpc) is 3.42. The first-order valence-electron chi connectivity index (χ1n) is 9.82. The fourth-order valence-electron chi connectivity index (χ4n) is 3.00. The minimum Gasteiger partial charge on any atom is -1.00 e. The second-order valence-corrected chi connectivity index (χ2v) is 7.40. The van der Waals surface area contributed by atoms with E-state index in [9.17, 15) is 4.79 Å². The molecule has 160 valence electrons. The predicted molar refractivity (Wildman–Crippen MR) is 107 cm³/mol. The van der Waals surface area contributed by atoms with Crippen molar-refractivity contribution in [2.45, 2.75) is 39.7 Å². The van der Waals surface area contributed by atoms with Crippen LogP contribution in [0.4, 0.5) is 5.95 Å². The van der Waals surface area contributed by atoms with Crippen LogP contribution in [0.25, 0.3) is 28.3 Å². The summed E-state index contributed by atoms with van der Waals surface area (Å²) >= 11 is 0. The van der Waals surface area contributed by atoms with E-state index in [0.29, 0.717) is 54.1 Å². The molecular formula is C19H25ClN8O2. The van der Waals surface area contributed by atoms with Crippen molar-refractivity contribution in [2.75, 3.05) is 11.9 Å². The number of carbonyl (C=O) groups is 1. The molecule has 0 spiro atoms. The van der Waals surface area contributed by atoms with E-state index in [-0.39, 0.29) is 18.3 Å². The second-order valence-electron chi connectivity index (χ2n) is 7.40. The van der Waals surface area contributed by atoms with E-state index in [2.05, 4.69) is 45.1 Å². The van der Waals surface area contributed by atoms with Gasteiger partial charge in [-0.15, -0.1) is 5.10 Å². The third-order valence-corrected chi connectivity index (χ3v) is 4.58. The summed E-state index contributed by atoms with van der Waals surface area (Å²) in [6.07, 6.45) is 5.57. The zero-order valence-corrected chi connectivity index (χ0v) is 17.8. The van der Waals surface area contributed by atoms with Crippen molar-refractivity contribution < 1.29 is 27.4 Å². The lowest BCUT2D eigenvalue weighted by Crippen LogP contribution is -3.00. The lowest BCUT2D eigenvalue weighted by atomic mass is 10.1. The first-order chi connectivity index (χ1) is 14.0. The first kappa shape index (κ1) is 21.7. The van der Waals surface area contributed by atoms with Gasteiger partial charge in [-0.2, -0.15) is 14.6 Å². The van der Waals surface area contributed by atoms with Crippen molar-refractivity contribution >= 4 is 28.5 Å². The van der Waals surface area contributed by atoms with Crippen LogP contribution in [0.1, 0.15) is 33.1 Å². The predicted octanol–water partition coefficient (Wildman–Crippen LogP) is -1.26. The van der Waals surface area contributed by atoms with E-state index in [1.54, 1.807) is 18.4 Å². The second kappa shape index (κ2) is 9.23. The van der Waals surface area contributed by atoms with Crippen LogP contribution in [0.3, 0.4) is 0 Å². The molecule has 30 heavy (non-hydrogen) atoms. The Balaban J connectivity index is 0.00000256. The highest BCUT2D eigenvalue weighted by molar-refractivity contribution is 5.94. The van der Waals surface area contributed by atoms with Crippen molar-refractivity contribution in [1.82, 2.24) is 29.4 Å². The van der Waals surface area contributed by atoms with Crippen LogP contribution in [0.5, 0.6) is 0 Å². The Morgan fingerprint density at radius 2 is 2.13 bits per heavy atom. The largest absolute Gasteiger partial charge is 1.00 e. The quantitative estimate of drug-likeness (QED) is 0.357.